The molecule has 8 nitrogen and oxygen atoms in total. The predicted octanol–water partition coefficient (Wildman–Crippen LogP) is 4.02. The van der Waals surface area contributed by atoms with Crippen LogP contribution in [0.25, 0.3) is 0 Å². The van der Waals surface area contributed by atoms with Gasteiger partial charge in [0.2, 0.25) is 0 Å². The van der Waals surface area contributed by atoms with Gasteiger partial charge in [-0.15, -0.1) is 0 Å². The highest BCUT2D eigenvalue weighted by Crippen LogP contribution is 2.63. The summed E-state index contributed by atoms with van der Waals surface area (Å²) >= 11 is 0. The van der Waals surface area contributed by atoms with Gasteiger partial charge < -0.3 is 18.1 Å². The topological polar surface area (TPSA) is 119 Å². The van der Waals surface area contributed by atoms with E-state index in [2.05, 4.69) is 0 Å². The Hall–Kier alpha value is -0.980. The lowest BCUT2D eigenvalue weighted by atomic mass is 10.2. The zero-order chi connectivity index (χ0) is 17.9. The van der Waals surface area contributed by atoms with E-state index >= 15 is 0 Å². The Morgan fingerprint density at radius 1 is 0.913 bits per heavy atom. The number of allylic oxidation sites excluding steroid dienone is 1. The Bertz CT molecular complexity index is 544. The van der Waals surface area contributed by atoms with Crippen LogP contribution in [0.4, 0.5) is 0 Å². The molecule has 0 aromatic rings. The summed E-state index contributed by atoms with van der Waals surface area (Å²) < 4.78 is 46.0. The van der Waals surface area contributed by atoms with Crippen LogP contribution in [0.5, 0.6) is 0 Å². The largest absolute Gasteiger partial charge is 0.360 e. The number of nitriles is 2. The molecule has 0 unspecified atom stereocenters. The van der Waals surface area contributed by atoms with Crippen LogP contribution in [0, 0.1) is 28.6 Å². The standard InChI is InChI=1S/C13H22N2O6P2/c1-5-18-22(16,19-6-2)11-13(12(9-14)10-15)23(17,20-7-3)21-8-4/h11-12H,5-8H2,1-4H3/b13-11+. The number of nitrogens with zero attached hydrogens (tertiary/aromatic N) is 2. The van der Waals surface area contributed by atoms with Crippen molar-refractivity contribution in [3.63, 3.8) is 0 Å². The smallest absolute Gasteiger partial charge is 0.306 e. The highest BCUT2D eigenvalue weighted by Gasteiger charge is 2.39. The summed E-state index contributed by atoms with van der Waals surface area (Å²) in [4.78, 5) is 0. The van der Waals surface area contributed by atoms with Crippen molar-refractivity contribution in [1.82, 2.24) is 0 Å². The molecule has 0 aliphatic carbocycles. The molecule has 0 radical (unpaired) electrons. The molecule has 23 heavy (non-hydrogen) atoms. The first-order valence-electron chi connectivity index (χ1n) is 7.16. The molecule has 0 bridgehead atoms. The van der Waals surface area contributed by atoms with E-state index in [0.29, 0.717) is 0 Å². The van der Waals surface area contributed by atoms with E-state index in [0.717, 1.165) is 5.82 Å². The molecule has 0 heterocycles. The van der Waals surface area contributed by atoms with Gasteiger partial charge in [-0.2, -0.15) is 10.5 Å². The molecule has 0 aromatic carbocycles. The Balaban J connectivity index is 6.21. The van der Waals surface area contributed by atoms with E-state index in [1.54, 1.807) is 39.8 Å². The molecule has 0 fully saturated rings. The molecular weight excluding hydrogens is 342 g/mol. The van der Waals surface area contributed by atoms with Crippen molar-refractivity contribution in [3.8, 4) is 12.1 Å². The molecule has 0 saturated carbocycles. The molecule has 10 heteroatoms. The average Bonchev–Trinajstić information content (AvgIpc) is 2.48. The minimum atomic E-state index is -3.98. The van der Waals surface area contributed by atoms with Gasteiger partial charge in [0.1, 0.15) is 0 Å². The van der Waals surface area contributed by atoms with Crippen molar-refractivity contribution >= 4 is 15.2 Å². The third kappa shape index (κ3) is 6.57. The van der Waals surface area contributed by atoms with Crippen LogP contribution in [0.3, 0.4) is 0 Å². The molecule has 0 amide bonds. The maximum Gasteiger partial charge on any atom is 0.360 e. The fraction of sp³-hybridized carbons (Fsp3) is 0.692. The summed E-state index contributed by atoms with van der Waals surface area (Å²) in [5.41, 5.74) is 0. The summed E-state index contributed by atoms with van der Waals surface area (Å²) in [6.07, 6.45) is 0. The summed E-state index contributed by atoms with van der Waals surface area (Å²) in [7, 11) is -7.77. The second kappa shape index (κ2) is 10.7. The predicted molar refractivity (Wildman–Crippen MR) is 84.5 cm³/mol. The SMILES string of the molecule is CCOP(=O)(/C=C(\C(C#N)C#N)P(=O)(OCC)OCC)OCC. The number of hydrogen-bond acceptors (Lipinski definition) is 8. The number of rotatable bonds is 11. The van der Waals surface area contributed by atoms with E-state index in [1.807, 2.05) is 0 Å². The fourth-order valence-corrected chi connectivity index (χ4v) is 5.52. The van der Waals surface area contributed by atoms with Gasteiger partial charge in [0.25, 0.3) is 0 Å². The lowest BCUT2D eigenvalue weighted by Gasteiger charge is -2.22. The van der Waals surface area contributed by atoms with Crippen molar-refractivity contribution in [2.45, 2.75) is 27.7 Å². The first-order chi connectivity index (χ1) is 10.9. The van der Waals surface area contributed by atoms with E-state index < -0.39 is 21.1 Å². The molecule has 0 saturated heterocycles. The molecule has 0 N–H and O–H groups in total. The summed E-state index contributed by atoms with van der Waals surface area (Å²) in [6, 6.07) is 3.37. The number of hydrogen-bond donors (Lipinski definition) is 0. The van der Waals surface area contributed by atoms with Gasteiger partial charge in [0, 0.05) is 5.82 Å². The normalized spacial score (nSPS) is 12.9. The Morgan fingerprint density at radius 3 is 1.61 bits per heavy atom. The van der Waals surface area contributed by atoms with Gasteiger partial charge in [-0.25, -0.2) is 0 Å². The summed E-state index contributed by atoms with van der Waals surface area (Å²) in [5.74, 6) is -0.545. The van der Waals surface area contributed by atoms with Crippen molar-refractivity contribution in [2.24, 2.45) is 5.92 Å². The maximum atomic E-state index is 12.9. The quantitative estimate of drug-likeness (QED) is 0.504. The van der Waals surface area contributed by atoms with Crippen LogP contribution >= 0.6 is 15.2 Å². The monoisotopic (exact) mass is 364 g/mol. The second-order valence-electron chi connectivity index (χ2n) is 3.95. The molecule has 0 aliphatic rings. The molecule has 0 aromatic heterocycles. The third-order valence-corrected chi connectivity index (χ3v) is 6.63. The van der Waals surface area contributed by atoms with Crippen molar-refractivity contribution in [1.29, 1.82) is 10.5 Å². The molecule has 0 atom stereocenters. The average molecular weight is 364 g/mol. The van der Waals surface area contributed by atoms with Gasteiger partial charge >= 0.3 is 15.2 Å². The molecule has 0 spiro atoms. The Labute approximate surface area is 137 Å². The van der Waals surface area contributed by atoms with E-state index in [4.69, 9.17) is 28.6 Å². The summed E-state index contributed by atoms with van der Waals surface area (Å²) in [5, 5.41) is 17.9. The minimum Gasteiger partial charge on any atom is -0.306 e. The van der Waals surface area contributed by atoms with Gasteiger partial charge in [-0.05, 0) is 27.7 Å². The van der Waals surface area contributed by atoms with Gasteiger partial charge in [-0.1, -0.05) is 0 Å². The maximum absolute atomic E-state index is 12.9. The lowest BCUT2D eigenvalue weighted by molar-refractivity contribution is 0.221. The van der Waals surface area contributed by atoms with Crippen molar-refractivity contribution in [3.05, 3.63) is 11.1 Å². The van der Waals surface area contributed by atoms with Crippen LogP contribution in [0.2, 0.25) is 0 Å². The molecule has 0 rings (SSSR count). The van der Waals surface area contributed by atoms with E-state index in [1.165, 1.54) is 0 Å². The Morgan fingerprint density at radius 2 is 1.30 bits per heavy atom. The van der Waals surface area contributed by atoms with Crippen molar-refractivity contribution in [2.75, 3.05) is 26.4 Å². The molecule has 0 aliphatic heterocycles. The first-order valence-corrected chi connectivity index (χ1v) is 10.3. The van der Waals surface area contributed by atoms with Crippen LogP contribution in [0.15, 0.2) is 11.1 Å². The van der Waals surface area contributed by atoms with Gasteiger partial charge in [0.05, 0.1) is 43.9 Å². The van der Waals surface area contributed by atoms with Crippen LogP contribution < -0.4 is 0 Å². The van der Waals surface area contributed by atoms with Crippen LogP contribution in [0.1, 0.15) is 27.7 Å². The highest BCUT2D eigenvalue weighted by molar-refractivity contribution is 7.62. The lowest BCUT2D eigenvalue weighted by Crippen LogP contribution is -2.07. The zero-order valence-corrected chi connectivity index (χ0v) is 15.5. The molecular formula is C13H22N2O6P2. The third-order valence-electron chi connectivity index (χ3n) is 2.38. The van der Waals surface area contributed by atoms with Gasteiger partial charge in [-0.3, -0.25) is 9.13 Å². The second-order valence-corrected chi connectivity index (χ2v) is 7.84. The fourth-order valence-electron chi connectivity index (χ4n) is 1.62. The van der Waals surface area contributed by atoms with Crippen molar-refractivity contribution < 1.29 is 27.2 Å². The Kier molecular flexibility index (Phi) is 10.3. The zero-order valence-electron chi connectivity index (χ0n) is 13.7. The van der Waals surface area contributed by atoms with Crippen LogP contribution in [-0.2, 0) is 27.2 Å². The molecule has 130 valence electrons. The highest BCUT2D eigenvalue weighted by atomic mass is 31.2. The summed E-state index contributed by atoms with van der Waals surface area (Å²) in [6.45, 7) is 6.56. The first kappa shape index (κ1) is 22.0. The van der Waals surface area contributed by atoms with Crippen LogP contribution in [-0.4, -0.2) is 26.4 Å². The van der Waals surface area contributed by atoms with Gasteiger partial charge in [0.15, 0.2) is 5.92 Å². The minimum absolute atomic E-state index is 0.0196. The van der Waals surface area contributed by atoms with E-state index in [-0.39, 0.29) is 31.7 Å². The van der Waals surface area contributed by atoms with E-state index in [9.17, 15) is 9.13 Å².